The van der Waals surface area contributed by atoms with Crippen LogP contribution >= 0.6 is 0 Å². The van der Waals surface area contributed by atoms with Gasteiger partial charge in [-0.25, -0.2) is 0 Å². The molecule has 0 aromatic carbocycles. The number of hydrogen-bond donors (Lipinski definition) is 2. The highest BCUT2D eigenvalue weighted by atomic mass is 16.5. The third kappa shape index (κ3) is 6.54. The second-order valence-electron chi connectivity index (χ2n) is 4.13. The first kappa shape index (κ1) is 12.4. The molecule has 1 amide bonds. The van der Waals surface area contributed by atoms with Gasteiger partial charge in [-0.1, -0.05) is 0 Å². The highest BCUT2D eigenvalue weighted by Gasteiger charge is 2.18. The highest BCUT2D eigenvalue weighted by Crippen LogP contribution is 2.00. The van der Waals surface area contributed by atoms with Crippen LogP contribution in [0.3, 0.4) is 0 Å². The summed E-state index contributed by atoms with van der Waals surface area (Å²) in [5.41, 5.74) is 5.40. The zero-order chi connectivity index (χ0) is 10.5. The van der Waals surface area contributed by atoms with Gasteiger partial charge in [0.1, 0.15) is 0 Å². The Morgan fingerprint density at radius 1 is 1.54 bits per heavy atom. The van der Waals surface area contributed by atoms with Crippen LogP contribution in [0.5, 0.6) is 0 Å². The van der Waals surface area contributed by atoms with Gasteiger partial charge in [0.2, 0.25) is 5.91 Å². The Hall–Kier alpha value is -0.610. The van der Waals surface area contributed by atoms with Gasteiger partial charge in [-0.15, -0.1) is 0 Å². The summed E-state index contributed by atoms with van der Waals surface area (Å²) in [6.07, 6.45) is 0.554. The van der Waals surface area contributed by atoms with E-state index in [-0.39, 0.29) is 11.4 Å². The number of ether oxygens (including phenoxy) is 1. The number of nitrogens with two attached hydrogens (primary N) is 1. The number of methoxy groups -OCH3 is 1. The first-order valence-electron chi connectivity index (χ1n) is 4.43. The Bertz CT molecular complexity index is 163. The molecule has 0 heterocycles. The Balaban J connectivity index is 3.83. The maximum Gasteiger partial charge on any atom is 0.237 e. The fourth-order valence-electron chi connectivity index (χ4n) is 0.838. The van der Waals surface area contributed by atoms with Crippen LogP contribution in [0, 0.1) is 0 Å². The van der Waals surface area contributed by atoms with Crippen molar-refractivity contribution in [2.24, 2.45) is 5.73 Å². The minimum Gasteiger partial charge on any atom is -0.385 e. The van der Waals surface area contributed by atoms with Crippen LogP contribution in [-0.2, 0) is 9.53 Å². The minimum atomic E-state index is -0.473. The van der Waals surface area contributed by atoms with E-state index in [4.69, 9.17) is 10.5 Å². The van der Waals surface area contributed by atoms with Crippen LogP contribution in [0.25, 0.3) is 0 Å². The molecule has 0 spiro atoms. The first-order valence-corrected chi connectivity index (χ1v) is 4.43. The van der Waals surface area contributed by atoms with Crippen molar-refractivity contribution in [3.63, 3.8) is 0 Å². The monoisotopic (exact) mass is 188 g/mol. The van der Waals surface area contributed by atoms with Crippen molar-refractivity contribution in [3.05, 3.63) is 0 Å². The summed E-state index contributed by atoms with van der Waals surface area (Å²) < 4.78 is 4.83. The number of nitrogens with one attached hydrogen (secondary N) is 1. The summed E-state index contributed by atoms with van der Waals surface area (Å²) in [6, 6.07) is -0.473. The number of carbonyl (C=O) groups excluding carboxylic acids is 1. The molecule has 0 aliphatic carbocycles. The van der Waals surface area contributed by atoms with E-state index in [9.17, 15) is 4.79 Å². The van der Waals surface area contributed by atoms with E-state index >= 15 is 0 Å². The molecular weight excluding hydrogens is 168 g/mol. The molecule has 0 radical (unpaired) electrons. The topological polar surface area (TPSA) is 64.3 Å². The summed E-state index contributed by atoms with van der Waals surface area (Å²) in [4.78, 5) is 11.4. The first-order chi connectivity index (χ1) is 5.87. The molecule has 0 bridgehead atoms. The second kappa shape index (κ2) is 5.19. The average molecular weight is 188 g/mol. The molecule has 0 aliphatic rings. The Labute approximate surface area is 79.8 Å². The van der Waals surface area contributed by atoms with E-state index in [0.717, 1.165) is 0 Å². The van der Waals surface area contributed by atoms with Crippen LogP contribution in [0.2, 0.25) is 0 Å². The molecule has 0 saturated heterocycles. The van der Waals surface area contributed by atoms with Crippen molar-refractivity contribution in [1.29, 1.82) is 0 Å². The van der Waals surface area contributed by atoms with Gasteiger partial charge in [-0.3, -0.25) is 4.79 Å². The molecule has 0 aromatic rings. The van der Waals surface area contributed by atoms with E-state index < -0.39 is 6.04 Å². The Morgan fingerprint density at radius 2 is 2.08 bits per heavy atom. The van der Waals surface area contributed by atoms with Crippen LogP contribution < -0.4 is 11.1 Å². The lowest BCUT2D eigenvalue weighted by Gasteiger charge is -2.22. The van der Waals surface area contributed by atoms with Crippen molar-refractivity contribution in [2.45, 2.75) is 38.8 Å². The highest BCUT2D eigenvalue weighted by molar-refractivity contribution is 5.82. The molecule has 0 aromatic heterocycles. The van der Waals surface area contributed by atoms with Gasteiger partial charge in [-0.05, 0) is 27.2 Å². The van der Waals surface area contributed by atoms with Crippen molar-refractivity contribution >= 4 is 5.91 Å². The molecule has 1 unspecified atom stereocenters. The summed E-state index contributed by atoms with van der Waals surface area (Å²) in [5.74, 6) is -0.121. The standard InChI is InChI=1S/C9H20N2O2/c1-9(2,3)11-8(12)7(10)5-6-13-4/h7H,5-6,10H2,1-4H3,(H,11,12). The predicted molar refractivity (Wildman–Crippen MR) is 52.4 cm³/mol. The molecule has 0 fully saturated rings. The molecular formula is C9H20N2O2. The smallest absolute Gasteiger partial charge is 0.237 e. The minimum absolute atomic E-state index is 0.121. The third-order valence-corrected chi connectivity index (χ3v) is 1.47. The molecule has 78 valence electrons. The zero-order valence-corrected chi connectivity index (χ0v) is 8.89. The SMILES string of the molecule is COCCC(N)C(=O)NC(C)(C)C. The maximum atomic E-state index is 11.4. The predicted octanol–water partition coefficient (Wildman–Crippen LogP) is 0.265. The van der Waals surface area contributed by atoms with Crippen molar-refractivity contribution in [1.82, 2.24) is 5.32 Å². The average Bonchev–Trinajstić information content (AvgIpc) is 1.96. The molecule has 4 nitrogen and oxygen atoms in total. The van der Waals surface area contributed by atoms with Crippen LogP contribution in [0.15, 0.2) is 0 Å². The number of carbonyl (C=O) groups is 1. The second-order valence-corrected chi connectivity index (χ2v) is 4.13. The van der Waals surface area contributed by atoms with Crippen LogP contribution in [0.4, 0.5) is 0 Å². The summed E-state index contributed by atoms with van der Waals surface area (Å²) in [7, 11) is 1.59. The van der Waals surface area contributed by atoms with E-state index in [1.54, 1.807) is 7.11 Å². The number of amides is 1. The molecule has 0 saturated carbocycles. The summed E-state index contributed by atoms with van der Waals surface area (Å²) >= 11 is 0. The van der Waals surface area contributed by atoms with Gasteiger partial charge in [0, 0.05) is 19.3 Å². The summed E-state index contributed by atoms with van der Waals surface area (Å²) in [5, 5.41) is 2.81. The fraction of sp³-hybridized carbons (Fsp3) is 0.889. The van der Waals surface area contributed by atoms with Crippen molar-refractivity contribution in [3.8, 4) is 0 Å². The van der Waals surface area contributed by atoms with E-state index in [1.165, 1.54) is 0 Å². The third-order valence-electron chi connectivity index (χ3n) is 1.47. The van der Waals surface area contributed by atoms with Crippen LogP contribution in [0.1, 0.15) is 27.2 Å². The van der Waals surface area contributed by atoms with Gasteiger partial charge in [0.15, 0.2) is 0 Å². The number of rotatable bonds is 4. The van der Waals surface area contributed by atoms with Crippen molar-refractivity contribution in [2.75, 3.05) is 13.7 Å². The van der Waals surface area contributed by atoms with E-state index in [0.29, 0.717) is 13.0 Å². The van der Waals surface area contributed by atoms with Gasteiger partial charge < -0.3 is 15.8 Å². The zero-order valence-electron chi connectivity index (χ0n) is 8.89. The summed E-state index contributed by atoms with van der Waals surface area (Å²) in [6.45, 7) is 6.29. The molecule has 3 N–H and O–H groups in total. The molecule has 4 heteroatoms. The Kier molecular flexibility index (Phi) is 4.95. The van der Waals surface area contributed by atoms with E-state index in [1.807, 2.05) is 20.8 Å². The number of hydrogen-bond acceptors (Lipinski definition) is 3. The van der Waals surface area contributed by atoms with Gasteiger partial charge in [0.25, 0.3) is 0 Å². The maximum absolute atomic E-state index is 11.4. The fourth-order valence-corrected chi connectivity index (χ4v) is 0.838. The Morgan fingerprint density at radius 3 is 2.46 bits per heavy atom. The molecule has 13 heavy (non-hydrogen) atoms. The van der Waals surface area contributed by atoms with Gasteiger partial charge >= 0.3 is 0 Å². The molecule has 0 aliphatic heterocycles. The lowest BCUT2D eigenvalue weighted by atomic mass is 10.1. The largest absolute Gasteiger partial charge is 0.385 e. The van der Waals surface area contributed by atoms with Crippen LogP contribution in [-0.4, -0.2) is 31.2 Å². The lowest BCUT2D eigenvalue weighted by Crippen LogP contribution is -2.49. The van der Waals surface area contributed by atoms with E-state index in [2.05, 4.69) is 5.32 Å². The normalized spacial score (nSPS) is 13.9. The lowest BCUT2D eigenvalue weighted by molar-refractivity contribution is -0.124. The quantitative estimate of drug-likeness (QED) is 0.665. The van der Waals surface area contributed by atoms with Gasteiger partial charge in [-0.2, -0.15) is 0 Å². The van der Waals surface area contributed by atoms with Crippen molar-refractivity contribution < 1.29 is 9.53 Å². The molecule has 0 rings (SSSR count). The molecule has 1 atom stereocenters. The van der Waals surface area contributed by atoms with Gasteiger partial charge in [0.05, 0.1) is 6.04 Å².